The van der Waals surface area contributed by atoms with Gasteiger partial charge in [-0.1, -0.05) is 42.3 Å². The van der Waals surface area contributed by atoms with Gasteiger partial charge < -0.3 is 19.1 Å². The quantitative estimate of drug-likeness (QED) is 0.253. The van der Waals surface area contributed by atoms with E-state index >= 15 is 0 Å². The highest BCUT2D eigenvalue weighted by Crippen LogP contribution is 2.41. The molecule has 8 nitrogen and oxygen atoms in total. The number of rotatable bonds is 10. The molecule has 0 unspecified atom stereocenters. The van der Waals surface area contributed by atoms with E-state index in [-0.39, 0.29) is 12.2 Å². The van der Waals surface area contributed by atoms with Crippen molar-refractivity contribution in [2.75, 3.05) is 6.61 Å². The Morgan fingerprint density at radius 3 is 2.70 bits per heavy atom. The van der Waals surface area contributed by atoms with Gasteiger partial charge in [0.05, 0.1) is 24.1 Å². The van der Waals surface area contributed by atoms with E-state index in [1.165, 1.54) is 6.33 Å². The van der Waals surface area contributed by atoms with E-state index in [2.05, 4.69) is 16.9 Å². The largest absolute Gasteiger partial charge is 0.494 e. The number of benzene rings is 2. The number of halogens is 2. The molecule has 1 aliphatic carbocycles. The Morgan fingerprint density at radius 1 is 1.19 bits per heavy atom. The van der Waals surface area contributed by atoms with Crippen molar-refractivity contribution < 1.29 is 19.4 Å². The Labute approximate surface area is 224 Å². The van der Waals surface area contributed by atoms with E-state index in [9.17, 15) is 4.79 Å². The monoisotopic (exact) mass is 540 g/mol. The minimum Gasteiger partial charge on any atom is -0.494 e. The van der Waals surface area contributed by atoms with Crippen molar-refractivity contribution in [1.82, 2.24) is 19.5 Å². The van der Waals surface area contributed by atoms with Gasteiger partial charge in [-0.15, -0.1) is 0 Å². The van der Waals surface area contributed by atoms with Crippen LogP contribution in [0, 0.1) is 5.92 Å². The maximum atomic E-state index is 11.0. The first-order chi connectivity index (χ1) is 17.7. The summed E-state index contributed by atoms with van der Waals surface area (Å²) >= 11 is 13.0. The van der Waals surface area contributed by atoms with Gasteiger partial charge >= 0.3 is 5.97 Å². The molecular weight excluding hydrogens is 515 g/mol. The Hall–Kier alpha value is -3.36. The van der Waals surface area contributed by atoms with Gasteiger partial charge in [0.15, 0.2) is 11.2 Å². The molecule has 37 heavy (non-hydrogen) atoms. The number of aliphatic carboxylic acids is 1. The summed E-state index contributed by atoms with van der Waals surface area (Å²) in [5, 5.41) is 10.1. The fraction of sp³-hybridized carbons (Fsp3) is 0.333. The van der Waals surface area contributed by atoms with Crippen molar-refractivity contribution in [3.63, 3.8) is 0 Å². The Balaban J connectivity index is 1.52. The smallest absolute Gasteiger partial charge is 0.306 e. The van der Waals surface area contributed by atoms with Crippen LogP contribution in [-0.2, 0) is 11.3 Å². The van der Waals surface area contributed by atoms with Gasteiger partial charge in [-0.05, 0) is 62.1 Å². The number of carboxylic acids is 1. The highest BCUT2D eigenvalue weighted by Gasteiger charge is 2.41. The number of nitrogens with zero attached hydrogens (tertiary/aromatic N) is 4. The van der Waals surface area contributed by atoms with E-state index in [4.69, 9.17) is 42.8 Å². The zero-order chi connectivity index (χ0) is 26.2. The van der Waals surface area contributed by atoms with Gasteiger partial charge in [-0.25, -0.2) is 9.97 Å². The molecule has 0 radical (unpaired) electrons. The molecule has 1 saturated carbocycles. The summed E-state index contributed by atoms with van der Waals surface area (Å²) in [7, 11) is 0. The van der Waals surface area contributed by atoms with Crippen LogP contribution in [-0.4, -0.2) is 42.8 Å². The first kappa shape index (κ1) is 25.3. The molecule has 0 bridgehead atoms. The number of ether oxygens (including phenoxy) is 2. The molecule has 0 aliphatic heterocycles. The molecular formula is C27H26Cl2N4O4. The maximum Gasteiger partial charge on any atom is 0.306 e. The van der Waals surface area contributed by atoms with E-state index in [0.717, 1.165) is 18.4 Å². The van der Waals surface area contributed by atoms with Gasteiger partial charge in [-0.2, -0.15) is 4.98 Å². The second kappa shape index (κ2) is 10.2. The van der Waals surface area contributed by atoms with Crippen molar-refractivity contribution >= 4 is 40.3 Å². The van der Waals surface area contributed by atoms with Crippen LogP contribution in [0.15, 0.2) is 48.8 Å². The van der Waals surface area contributed by atoms with E-state index < -0.39 is 11.9 Å². The summed E-state index contributed by atoms with van der Waals surface area (Å²) in [6.07, 6.45) is 3.81. The molecule has 192 valence electrons. The third-order valence-electron chi connectivity index (χ3n) is 6.45. The Kier molecular flexibility index (Phi) is 6.96. The predicted molar refractivity (Wildman–Crippen MR) is 142 cm³/mol. The molecule has 1 aliphatic rings. The van der Waals surface area contributed by atoms with Crippen LogP contribution in [0.5, 0.6) is 11.6 Å². The highest BCUT2D eigenvalue weighted by molar-refractivity contribution is 6.33. The zero-order valence-corrected chi connectivity index (χ0v) is 22.0. The Morgan fingerprint density at radius 2 is 2.00 bits per heavy atom. The first-order valence-corrected chi connectivity index (χ1v) is 12.8. The molecule has 1 fully saturated rings. The topological polar surface area (TPSA) is 99.4 Å². The second-order valence-corrected chi connectivity index (χ2v) is 10.4. The van der Waals surface area contributed by atoms with Crippen molar-refractivity contribution in [2.45, 2.75) is 45.3 Å². The Bertz CT molecular complexity index is 1470. The first-order valence-electron chi connectivity index (χ1n) is 12.0. The zero-order valence-electron chi connectivity index (χ0n) is 20.4. The summed E-state index contributed by atoms with van der Waals surface area (Å²) in [6.45, 7) is 4.43. The number of fused-ring (bicyclic) bond motifs is 1. The van der Waals surface area contributed by atoms with E-state index in [1.54, 1.807) is 19.1 Å². The normalized spacial score (nSPS) is 14.9. The molecule has 10 heteroatoms. The number of carbonyl (C=O) groups is 1. The van der Waals surface area contributed by atoms with Gasteiger partial charge in [0.2, 0.25) is 5.88 Å². The molecule has 1 N–H and O–H groups in total. The number of imidazole rings is 1. The predicted octanol–water partition coefficient (Wildman–Crippen LogP) is 6.27. The SMILES string of the molecule is C[C@@H](CCOc1ccc(-c2nc3c(OC4(C)CC4)ncnc3n2Cc2cccc(Cl)c2)c(Cl)c1)C(=O)O. The number of hydrogen-bond acceptors (Lipinski definition) is 6. The lowest BCUT2D eigenvalue weighted by Gasteiger charge is -2.13. The average Bonchev–Trinajstić information content (AvgIpc) is 3.47. The molecule has 2 aromatic heterocycles. The molecule has 5 rings (SSSR count). The third kappa shape index (κ3) is 5.65. The van der Waals surface area contributed by atoms with Crippen molar-refractivity contribution in [1.29, 1.82) is 0 Å². The molecule has 1 atom stereocenters. The van der Waals surface area contributed by atoms with Crippen LogP contribution in [0.4, 0.5) is 0 Å². The van der Waals surface area contributed by atoms with Gasteiger partial charge in [-0.3, -0.25) is 4.79 Å². The lowest BCUT2D eigenvalue weighted by Crippen LogP contribution is -2.13. The summed E-state index contributed by atoms with van der Waals surface area (Å²) in [5.74, 6) is 0.264. The average molecular weight is 541 g/mol. The van der Waals surface area contributed by atoms with Crippen molar-refractivity contribution in [2.24, 2.45) is 5.92 Å². The standard InChI is InChI=1S/C27H26Cl2N4O4/c1-16(26(34)35)8-11-36-19-6-7-20(21(29)13-19)23-32-22-24(30-15-31-25(22)37-27(2)9-10-27)33(23)14-17-4-3-5-18(28)12-17/h3-7,12-13,15-16H,8-11,14H2,1-2H3,(H,34,35)/t16-/m0/s1. The fourth-order valence-corrected chi connectivity index (χ4v) is 4.39. The molecule has 2 aromatic carbocycles. The molecule has 0 amide bonds. The van der Waals surface area contributed by atoms with Crippen LogP contribution in [0.1, 0.15) is 38.7 Å². The molecule has 0 spiro atoms. The number of carboxylic acid groups (broad SMARTS) is 1. The number of hydrogen-bond donors (Lipinski definition) is 1. The van der Waals surface area contributed by atoms with Crippen molar-refractivity contribution in [3.8, 4) is 23.0 Å². The van der Waals surface area contributed by atoms with Crippen LogP contribution < -0.4 is 9.47 Å². The minimum absolute atomic E-state index is 0.229. The van der Waals surface area contributed by atoms with E-state index in [1.807, 2.05) is 34.9 Å². The summed E-state index contributed by atoms with van der Waals surface area (Å²) in [4.78, 5) is 24.9. The third-order valence-corrected chi connectivity index (χ3v) is 7.00. The van der Waals surface area contributed by atoms with Crippen molar-refractivity contribution in [3.05, 3.63) is 64.4 Å². The van der Waals surface area contributed by atoms with Gasteiger partial charge in [0.25, 0.3) is 0 Å². The van der Waals surface area contributed by atoms with E-state index in [0.29, 0.717) is 57.2 Å². The van der Waals surface area contributed by atoms with Crippen LogP contribution in [0.2, 0.25) is 10.0 Å². The fourth-order valence-electron chi connectivity index (χ4n) is 3.92. The lowest BCUT2D eigenvalue weighted by molar-refractivity contribution is -0.141. The van der Waals surface area contributed by atoms with Gasteiger partial charge in [0.1, 0.15) is 23.5 Å². The highest BCUT2D eigenvalue weighted by atomic mass is 35.5. The summed E-state index contributed by atoms with van der Waals surface area (Å²) < 4.78 is 13.9. The van der Waals surface area contributed by atoms with Gasteiger partial charge in [0, 0.05) is 10.6 Å². The van der Waals surface area contributed by atoms with Crippen LogP contribution in [0.25, 0.3) is 22.6 Å². The molecule has 0 saturated heterocycles. The lowest BCUT2D eigenvalue weighted by atomic mass is 10.1. The molecule has 2 heterocycles. The van der Waals surface area contributed by atoms with Crippen LogP contribution in [0.3, 0.4) is 0 Å². The maximum absolute atomic E-state index is 11.0. The number of aromatic nitrogens is 4. The summed E-state index contributed by atoms with van der Waals surface area (Å²) in [6, 6.07) is 13.0. The molecule has 4 aromatic rings. The summed E-state index contributed by atoms with van der Waals surface area (Å²) in [5.41, 5.74) is 2.63. The van der Waals surface area contributed by atoms with Crippen LogP contribution >= 0.6 is 23.2 Å². The minimum atomic E-state index is -0.849. The second-order valence-electron chi connectivity index (χ2n) is 9.57.